The molecule has 0 aliphatic heterocycles. The van der Waals surface area contributed by atoms with Crippen molar-refractivity contribution in [3.8, 4) is 11.5 Å². The Balaban J connectivity index is 1.54. The number of benzene rings is 2. The van der Waals surface area contributed by atoms with Gasteiger partial charge in [0.2, 0.25) is 11.8 Å². The molecule has 0 spiro atoms. The predicted octanol–water partition coefficient (Wildman–Crippen LogP) is 4.68. The third kappa shape index (κ3) is 4.15. The van der Waals surface area contributed by atoms with E-state index in [9.17, 15) is 0 Å². The summed E-state index contributed by atoms with van der Waals surface area (Å²) < 4.78 is 5.71. The van der Waals surface area contributed by atoms with Gasteiger partial charge < -0.3 is 9.73 Å². The van der Waals surface area contributed by atoms with Gasteiger partial charge in [-0.1, -0.05) is 47.5 Å². The molecule has 24 heavy (non-hydrogen) atoms. The van der Waals surface area contributed by atoms with Gasteiger partial charge in [-0.05, 0) is 49.2 Å². The number of hydrogen-bond acceptors (Lipinski definition) is 4. The lowest BCUT2D eigenvalue weighted by Gasteiger charge is -2.05. The Morgan fingerprint density at radius 2 is 1.92 bits per heavy atom. The zero-order chi connectivity index (χ0) is 16.9. The fraction of sp³-hybridized carbons (Fsp3) is 0.222. The van der Waals surface area contributed by atoms with E-state index in [1.807, 2.05) is 43.3 Å². The SMILES string of the molecule is Cc1ccccc1-c1nnc(CNCCc2ccc(Cl)cc2Cl)o1. The minimum atomic E-state index is 0.518. The Hall–Kier alpha value is -1.88. The Bertz CT molecular complexity index is 833. The van der Waals surface area contributed by atoms with Crippen LogP contribution in [-0.4, -0.2) is 16.7 Å². The first-order chi connectivity index (χ1) is 11.6. The zero-order valence-corrected chi connectivity index (χ0v) is 14.7. The van der Waals surface area contributed by atoms with E-state index in [-0.39, 0.29) is 0 Å². The van der Waals surface area contributed by atoms with Crippen LogP contribution < -0.4 is 5.32 Å². The molecule has 0 atom stereocenters. The number of aryl methyl sites for hydroxylation is 1. The topological polar surface area (TPSA) is 51.0 Å². The molecular weight excluding hydrogens is 345 g/mol. The van der Waals surface area contributed by atoms with Gasteiger partial charge in [-0.15, -0.1) is 10.2 Å². The van der Waals surface area contributed by atoms with Gasteiger partial charge >= 0.3 is 0 Å². The highest BCUT2D eigenvalue weighted by molar-refractivity contribution is 6.35. The highest BCUT2D eigenvalue weighted by atomic mass is 35.5. The quantitative estimate of drug-likeness (QED) is 0.647. The van der Waals surface area contributed by atoms with Gasteiger partial charge in [-0.3, -0.25) is 0 Å². The fourth-order valence-electron chi connectivity index (χ4n) is 2.39. The van der Waals surface area contributed by atoms with Crippen molar-refractivity contribution >= 4 is 23.2 Å². The molecule has 3 aromatic rings. The van der Waals surface area contributed by atoms with Crippen LogP contribution in [0.3, 0.4) is 0 Å². The van der Waals surface area contributed by atoms with Crippen LogP contribution >= 0.6 is 23.2 Å². The second kappa shape index (κ2) is 7.79. The molecular formula is C18H17Cl2N3O. The predicted molar refractivity (Wildman–Crippen MR) is 96.3 cm³/mol. The van der Waals surface area contributed by atoms with Gasteiger partial charge in [-0.25, -0.2) is 0 Å². The van der Waals surface area contributed by atoms with Crippen LogP contribution in [0.1, 0.15) is 17.0 Å². The van der Waals surface area contributed by atoms with E-state index in [0.29, 0.717) is 28.4 Å². The van der Waals surface area contributed by atoms with E-state index >= 15 is 0 Å². The molecule has 0 aliphatic rings. The Morgan fingerprint density at radius 1 is 1.08 bits per heavy atom. The molecule has 0 saturated carbocycles. The summed E-state index contributed by atoms with van der Waals surface area (Å²) in [4.78, 5) is 0. The van der Waals surface area contributed by atoms with Crippen LogP contribution in [0.25, 0.3) is 11.5 Å². The van der Waals surface area contributed by atoms with Crippen molar-refractivity contribution in [2.45, 2.75) is 19.9 Å². The molecule has 4 nitrogen and oxygen atoms in total. The maximum atomic E-state index is 6.16. The van der Waals surface area contributed by atoms with Crippen molar-refractivity contribution in [1.82, 2.24) is 15.5 Å². The number of nitrogens with one attached hydrogen (secondary N) is 1. The van der Waals surface area contributed by atoms with E-state index in [1.165, 1.54) is 0 Å². The number of hydrogen-bond donors (Lipinski definition) is 1. The summed E-state index contributed by atoms with van der Waals surface area (Å²) in [6.07, 6.45) is 0.800. The Kier molecular flexibility index (Phi) is 5.51. The average molecular weight is 362 g/mol. The maximum Gasteiger partial charge on any atom is 0.248 e. The molecule has 0 bridgehead atoms. The summed E-state index contributed by atoms with van der Waals surface area (Å²) in [5.74, 6) is 1.11. The molecule has 0 amide bonds. The maximum absolute atomic E-state index is 6.16. The van der Waals surface area contributed by atoms with Gasteiger partial charge in [0, 0.05) is 15.6 Å². The van der Waals surface area contributed by atoms with Gasteiger partial charge in [0.25, 0.3) is 0 Å². The van der Waals surface area contributed by atoms with Crippen LogP contribution in [0, 0.1) is 6.92 Å². The van der Waals surface area contributed by atoms with Crippen LogP contribution in [0.4, 0.5) is 0 Å². The van der Waals surface area contributed by atoms with Crippen LogP contribution in [0.15, 0.2) is 46.9 Å². The number of nitrogens with zero attached hydrogens (tertiary/aromatic N) is 2. The van der Waals surface area contributed by atoms with Gasteiger partial charge in [0.1, 0.15) is 0 Å². The summed E-state index contributed by atoms with van der Waals surface area (Å²) in [7, 11) is 0. The largest absolute Gasteiger partial charge is 0.419 e. The normalized spacial score (nSPS) is 11.0. The summed E-state index contributed by atoms with van der Waals surface area (Å²) >= 11 is 12.1. The number of rotatable bonds is 6. The van der Waals surface area contributed by atoms with E-state index in [0.717, 1.165) is 29.7 Å². The van der Waals surface area contributed by atoms with Crippen molar-refractivity contribution in [3.05, 3.63) is 69.5 Å². The van der Waals surface area contributed by atoms with Crippen LogP contribution in [0.2, 0.25) is 10.0 Å². The fourth-order valence-corrected chi connectivity index (χ4v) is 2.89. The summed E-state index contributed by atoms with van der Waals surface area (Å²) in [5, 5.41) is 12.8. The molecule has 1 N–H and O–H groups in total. The first-order valence-corrected chi connectivity index (χ1v) is 8.42. The Morgan fingerprint density at radius 3 is 2.71 bits per heavy atom. The molecule has 0 aliphatic carbocycles. The average Bonchev–Trinajstić information content (AvgIpc) is 3.02. The minimum Gasteiger partial charge on any atom is -0.419 e. The van der Waals surface area contributed by atoms with Gasteiger partial charge in [0.15, 0.2) is 0 Å². The lowest BCUT2D eigenvalue weighted by atomic mass is 10.1. The van der Waals surface area contributed by atoms with E-state index in [2.05, 4.69) is 15.5 Å². The highest BCUT2D eigenvalue weighted by Crippen LogP contribution is 2.22. The van der Waals surface area contributed by atoms with Crippen molar-refractivity contribution in [1.29, 1.82) is 0 Å². The van der Waals surface area contributed by atoms with Gasteiger partial charge in [0.05, 0.1) is 6.54 Å². The minimum absolute atomic E-state index is 0.518. The van der Waals surface area contributed by atoms with Crippen molar-refractivity contribution < 1.29 is 4.42 Å². The first-order valence-electron chi connectivity index (χ1n) is 7.66. The summed E-state index contributed by atoms with van der Waals surface area (Å²) in [6, 6.07) is 13.5. The smallest absolute Gasteiger partial charge is 0.248 e. The lowest BCUT2D eigenvalue weighted by molar-refractivity contribution is 0.478. The van der Waals surface area contributed by atoms with E-state index in [4.69, 9.17) is 27.6 Å². The van der Waals surface area contributed by atoms with E-state index < -0.39 is 0 Å². The molecule has 1 heterocycles. The molecule has 124 valence electrons. The third-order valence-corrected chi connectivity index (χ3v) is 4.29. The summed E-state index contributed by atoms with van der Waals surface area (Å²) in [6.45, 7) is 3.29. The molecule has 0 radical (unpaired) electrons. The molecule has 3 rings (SSSR count). The lowest BCUT2D eigenvalue weighted by Crippen LogP contribution is -2.17. The zero-order valence-electron chi connectivity index (χ0n) is 13.2. The van der Waals surface area contributed by atoms with Crippen molar-refractivity contribution in [2.75, 3.05) is 6.54 Å². The third-order valence-electron chi connectivity index (χ3n) is 3.70. The molecule has 0 unspecified atom stereocenters. The van der Waals surface area contributed by atoms with E-state index in [1.54, 1.807) is 6.07 Å². The van der Waals surface area contributed by atoms with Crippen molar-refractivity contribution in [2.24, 2.45) is 0 Å². The van der Waals surface area contributed by atoms with Crippen molar-refractivity contribution in [3.63, 3.8) is 0 Å². The highest BCUT2D eigenvalue weighted by Gasteiger charge is 2.10. The molecule has 6 heteroatoms. The standard InChI is InChI=1S/C18H17Cl2N3O/c1-12-4-2-3-5-15(12)18-23-22-17(24-18)11-21-9-8-13-6-7-14(19)10-16(13)20/h2-7,10,21H,8-9,11H2,1H3. The first kappa shape index (κ1) is 17.0. The second-order valence-electron chi connectivity index (χ2n) is 5.48. The molecule has 1 aromatic heterocycles. The Labute approximate surface area is 150 Å². The molecule has 0 saturated heterocycles. The van der Waals surface area contributed by atoms with Crippen LogP contribution in [0.5, 0.6) is 0 Å². The molecule has 2 aromatic carbocycles. The number of aromatic nitrogens is 2. The van der Waals surface area contributed by atoms with Crippen LogP contribution in [-0.2, 0) is 13.0 Å². The molecule has 0 fully saturated rings. The summed E-state index contributed by atoms with van der Waals surface area (Å²) in [5.41, 5.74) is 3.13. The van der Waals surface area contributed by atoms with Gasteiger partial charge in [-0.2, -0.15) is 0 Å². The monoisotopic (exact) mass is 361 g/mol. The number of halogens is 2. The second-order valence-corrected chi connectivity index (χ2v) is 6.32.